The maximum Gasteiger partial charge on any atom is 0.0580 e. The largest absolute Gasteiger partial charge is 0.393 e. The molecule has 0 heterocycles. The Morgan fingerprint density at radius 2 is 1.90 bits per heavy atom. The SMILES string of the molecule is CCN(Cc1ccccc1)CC1CC(C(C)C)CCC1O. The van der Waals surface area contributed by atoms with Crippen LogP contribution in [0.5, 0.6) is 0 Å². The van der Waals surface area contributed by atoms with Crippen molar-refractivity contribution < 1.29 is 5.11 Å². The molecular weight excluding hydrogens is 258 g/mol. The third-order valence-corrected chi connectivity index (χ3v) is 5.11. The normalized spacial score (nSPS) is 26.5. The van der Waals surface area contributed by atoms with Crippen molar-refractivity contribution in [3.05, 3.63) is 35.9 Å². The smallest absolute Gasteiger partial charge is 0.0580 e. The summed E-state index contributed by atoms with van der Waals surface area (Å²) < 4.78 is 0. The summed E-state index contributed by atoms with van der Waals surface area (Å²) in [5.74, 6) is 1.97. The monoisotopic (exact) mass is 289 g/mol. The van der Waals surface area contributed by atoms with Crippen LogP contribution in [0.3, 0.4) is 0 Å². The van der Waals surface area contributed by atoms with E-state index in [4.69, 9.17) is 0 Å². The van der Waals surface area contributed by atoms with Crippen LogP contribution in [-0.4, -0.2) is 29.2 Å². The molecule has 0 spiro atoms. The first kappa shape index (κ1) is 16.5. The summed E-state index contributed by atoms with van der Waals surface area (Å²) in [6, 6.07) is 10.7. The Balaban J connectivity index is 1.93. The number of aliphatic hydroxyl groups is 1. The van der Waals surface area contributed by atoms with Gasteiger partial charge in [0.25, 0.3) is 0 Å². The number of aliphatic hydroxyl groups excluding tert-OH is 1. The molecule has 21 heavy (non-hydrogen) atoms. The first-order valence-electron chi connectivity index (χ1n) is 8.54. The van der Waals surface area contributed by atoms with Gasteiger partial charge >= 0.3 is 0 Å². The van der Waals surface area contributed by atoms with Gasteiger partial charge in [0.2, 0.25) is 0 Å². The fourth-order valence-corrected chi connectivity index (χ4v) is 3.56. The molecule has 1 aliphatic carbocycles. The zero-order chi connectivity index (χ0) is 15.2. The van der Waals surface area contributed by atoms with Gasteiger partial charge in [-0.2, -0.15) is 0 Å². The lowest BCUT2D eigenvalue weighted by atomic mass is 9.74. The van der Waals surface area contributed by atoms with Gasteiger partial charge in [0.15, 0.2) is 0 Å². The average molecular weight is 289 g/mol. The van der Waals surface area contributed by atoms with Crippen LogP contribution in [0.25, 0.3) is 0 Å². The fourth-order valence-electron chi connectivity index (χ4n) is 3.56. The molecule has 2 nitrogen and oxygen atoms in total. The zero-order valence-electron chi connectivity index (χ0n) is 13.8. The fraction of sp³-hybridized carbons (Fsp3) is 0.684. The Morgan fingerprint density at radius 3 is 2.52 bits per heavy atom. The molecule has 2 rings (SSSR count). The lowest BCUT2D eigenvalue weighted by Gasteiger charge is -2.38. The molecule has 1 fully saturated rings. The Labute approximate surface area is 130 Å². The lowest BCUT2D eigenvalue weighted by molar-refractivity contribution is 0.0180. The van der Waals surface area contributed by atoms with Gasteiger partial charge in [-0.05, 0) is 49.1 Å². The average Bonchev–Trinajstić information content (AvgIpc) is 2.49. The molecule has 0 aromatic heterocycles. The second kappa shape index (κ2) is 7.95. The summed E-state index contributed by atoms with van der Waals surface area (Å²) in [7, 11) is 0. The predicted molar refractivity (Wildman–Crippen MR) is 89.1 cm³/mol. The number of benzene rings is 1. The van der Waals surface area contributed by atoms with Crippen LogP contribution < -0.4 is 0 Å². The van der Waals surface area contributed by atoms with Crippen molar-refractivity contribution in [2.24, 2.45) is 17.8 Å². The topological polar surface area (TPSA) is 23.5 Å². The van der Waals surface area contributed by atoms with Gasteiger partial charge in [-0.3, -0.25) is 4.90 Å². The molecule has 0 saturated heterocycles. The number of hydrogen-bond acceptors (Lipinski definition) is 2. The summed E-state index contributed by atoms with van der Waals surface area (Å²) in [6.45, 7) is 9.92. The van der Waals surface area contributed by atoms with Crippen LogP contribution in [0.2, 0.25) is 0 Å². The first-order chi connectivity index (χ1) is 10.1. The molecule has 1 aromatic rings. The molecule has 3 unspecified atom stereocenters. The van der Waals surface area contributed by atoms with Gasteiger partial charge < -0.3 is 5.11 Å². The minimum absolute atomic E-state index is 0.107. The van der Waals surface area contributed by atoms with E-state index in [1.165, 1.54) is 18.4 Å². The molecule has 0 aliphatic heterocycles. The quantitative estimate of drug-likeness (QED) is 0.857. The van der Waals surface area contributed by atoms with Crippen molar-refractivity contribution in [3.8, 4) is 0 Å². The lowest BCUT2D eigenvalue weighted by Crippen LogP contribution is -2.39. The molecule has 3 atom stereocenters. The van der Waals surface area contributed by atoms with E-state index in [0.29, 0.717) is 5.92 Å². The van der Waals surface area contributed by atoms with Gasteiger partial charge in [0.05, 0.1) is 6.10 Å². The first-order valence-corrected chi connectivity index (χ1v) is 8.54. The van der Waals surface area contributed by atoms with E-state index < -0.39 is 0 Å². The minimum Gasteiger partial charge on any atom is -0.393 e. The third kappa shape index (κ3) is 4.82. The van der Waals surface area contributed by atoms with E-state index in [2.05, 4.69) is 56.0 Å². The highest BCUT2D eigenvalue weighted by atomic mass is 16.3. The van der Waals surface area contributed by atoms with E-state index >= 15 is 0 Å². The number of hydrogen-bond donors (Lipinski definition) is 1. The highest BCUT2D eigenvalue weighted by Crippen LogP contribution is 2.34. The number of nitrogens with zero attached hydrogens (tertiary/aromatic N) is 1. The highest BCUT2D eigenvalue weighted by Gasteiger charge is 2.31. The summed E-state index contributed by atoms with van der Waals surface area (Å²) in [5.41, 5.74) is 1.37. The summed E-state index contributed by atoms with van der Waals surface area (Å²) in [4.78, 5) is 2.48. The van der Waals surface area contributed by atoms with Crippen molar-refractivity contribution in [1.29, 1.82) is 0 Å². The van der Waals surface area contributed by atoms with Crippen LogP contribution in [0.15, 0.2) is 30.3 Å². The Kier molecular flexibility index (Phi) is 6.25. The molecule has 2 heteroatoms. The van der Waals surface area contributed by atoms with Crippen LogP contribution in [-0.2, 0) is 6.54 Å². The van der Waals surface area contributed by atoms with Crippen LogP contribution in [0.4, 0.5) is 0 Å². The minimum atomic E-state index is -0.107. The van der Waals surface area contributed by atoms with E-state index in [-0.39, 0.29) is 6.10 Å². The van der Waals surface area contributed by atoms with Gasteiger partial charge in [-0.1, -0.05) is 51.1 Å². The van der Waals surface area contributed by atoms with Crippen LogP contribution >= 0.6 is 0 Å². The standard InChI is InChI=1S/C19H31NO/c1-4-20(13-16-8-6-5-7-9-16)14-18-12-17(15(2)3)10-11-19(18)21/h5-9,15,17-19,21H,4,10-14H2,1-3H3. The van der Waals surface area contributed by atoms with Gasteiger partial charge in [-0.15, -0.1) is 0 Å². The van der Waals surface area contributed by atoms with E-state index in [9.17, 15) is 5.11 Å². The molecular formula is C19H31NO. The van der Waals surface area contributed by atoms with Gasteiger partial charge in [0.1, 0.15) is 0 Å². The van der Waals surface area contributed by atoms with E-state index in [1.54, 1.807) is 0 Å². The van der Waals surface area contributed by atoms with Crippen LogP contribution in [0, 0.1) is 17.8 Å². The summed E-state index contributed by atoms with van der Waals surface area (Å²) >= 11 is 0. The summed E-state index contributed by atoms with van der Waals surface area (Å²) in [6.07, 6.45) is 3.26. The predicted octanol–water partition coefficient (Wildman–Crippen LogP) is 3.94. The van der Waals surface area contributed by atoms with Crippen molar-refractivity contribution >= 4 is 0 Å². The molecule has 118 valence electrons. The van der Waals surface area contributed by atoms with E-state index in [0.717, 1.165) is 37.9 Å². The second-order valence-electron chi connectivity index (χ2n) is 6.96. The summed E-state index contributed by atoms with van der Waals surface area (Å²) in [5, 5.41) is 10.4. The van der Waals surface area contributed by atoms with Gasteiger partial charge in [-0.25, -0.2) is 0 Å². The molecule has 0 radical (unpaired) electrons. The van der Waals surface area contributed by atoms with Crippen molar-refractivity contribution in [2.45, 2.75) is 52.7 Å². The maximum absolute atomic E-state index is 10.4. The highest BCUT2D eigenvalue weighted by molar-refractivity contribution is 5.14. The molecule has 1 aliphatic rings. The second-order valence-corrected chi connectivity index (χ2v) is 6.96. The molecule has 1 N–H and O–H groups in total. The Bertz CT molecular complexity index is 403. The van der Waals surface area contributed by atoms with Gasteiger partial charge in [0, 0.05) is 13.1 Å². The van der Waals surface area contributed by atoms with Crippen LogP contribution in [0.1, 0.15) is 45.6 Å². The molecule has 0 amide bonds. The van der Waals surface area contributed by atoms with Crippen molar-refractivity contribution in [2.75, 3.05) is 13.1 Å². The molecule has 1 saturated carbocycles. The van der Waals surface area contributed by atoms with Crippen molar-refractivity contribution in [1.82, 2.24) is 4.90 Å². The zero-order valence-corrected chi connectivity index (χ0v) is 13.8. The Morgan fingerprint density at radius 1 is 1.19 bits per heavy atom. The maximum atomic E-state index is 10.4. The molecule has 1 aromatic carbocycles. The number of rotatable bonds is 6. The van der Waals surface area contributed by atoms with Crippen molar-refractivity contribution in [3.63, 3.8) is 0 Å². The third-order valence-electron chi connectivity index (χ3n) is 5.11. The Hall–Kier alpha value is -0.860. The molecule has 0 bridgehead atoms. The van der Waals surface area contributed by atoms with E-state index in [1.807, 2.05) is 0 Å².